The van der Waals surface area contributed by atoms with Gasteiger partial charge in [-0.1, -0.05) is 12.1 Å². The third-order valence-corrected chi connectivity index (χ3v) is 5.19. The first-order chi connectivity index (χ1) is 14.9. The quantitative estimate of drug-likeness (QED) is 0.425. The first-order valence-electron chi connectivity index (χ1n) is 10.7. The molecule has 2 rings (SSSR count). The van der Waals surface area contributed by atoms with E-state index in [0.717, 1.165) is 24.2 Å². The first-order valence-corrected chi connectivity index (χ1v) is 10.7. The van der Waals surface area contributed by atoms with E-state index < -0.39 is 18.1 Å². The Labute approximate surface area is 183 Å². The van der Waals surface area contributed by atoms with Crippen molar-refractivity contribution in [1.82, 2.24) is 10.2 Å². The highest BCUT2D eigenvalue weighted by atomic mass is 16.6. The summed E-state index contributed by atoms with van der Waals surface area (Å²) in [7, 11) is 1.28. The monoisotopic (exact) mass is 435 g/mol. The number of esters is 1. The lowest BCUT2D eigenvalue weighted by Gasteiger charge is -2.31. The molecule has 2 amide bonds. The summed E-state index contributed by atoms with van der Waals surface area (Å²) in [5, 5.41) is 2.65. The number of hydrogen-bond donors (Lipinski definition) is 2. The Bertz CT molecular complexity index is 716. The number of unbranched alkanes of at least 4 members (excludes halogenated alkanes) is 1. The number of rotatable bonds is 10. The fraction of sp³-hybridized carbons (Fsp3) is 0.591. The van der Waals surface area contributed by atoms with Gasteiger partial charge in [0.05, 0.1) is 13.7 Å². The van der Waals surface area contributed by atoms with E-state index in [9.17, 15) is 14.4 Å². The van der Waals surface area contributed by atoms with Crippen molar-refractivity contribution in [2.24, 2.45) is 11.7 Å². The van der Waals surface area contributed by atoms with Gasteiger partial charge < -0.3 is 30.2 Å². The topological polar surface area (TPSA) is 120 Å². The molecule has 1 aliphatic heterocycles. The maximum absolute atomic E-state index is 12.3. The number of nitrogens with one attached hydrogen (secondary N) is 1. The molecule has 1 atom stereocenters. The molecule has 1 heterocycles. The number of ether oxygens (including phenoxy) is 3. The van der Waals surface area contributed by atoms with Gasteiger partial charge in [-0.2, -0.15) is 0 Å². The molecule has 9 heteroatoms. The highest BCUT2D eigenvalue weighted by Crippen LogP contribution is 2.19. The summed E-state index contributed by atoms with van der Waals surface area (Å²) in [4.78, 5) is 37.6. The molecule has 31 heavy (non-hydrogen) atoms. The molecule has 0 aliphatic carbocycles. The lowest BCUT2D eigenvalue weighted by molar-refractivity contribution is -0.145. The number of piperidine rings is 1. The Morgan fingerprint density at radius 1 is 1.16 bits per heavy atom. The molecule has 1 aromatic rings. The molecule has 0 saturated carbocycles. The molecular weight excluding hydrogens is 402 g/mol. The average Bonchev–Trinajstić information content (AvgIpc) is 2.80. The molecule has 1 aromatic carbocycles. The minimum absolute atomic E-state index is 0.170. The highest BCUT2D eigenvalue weighted by Gasteiger charge is 2.29. The van der Waals surface area contributed by atoms with Crippen molar-refractivity contribution >= 4 is 18.0 Å². The van der Waals surface area contributed by atoms with Crippen LogP contribution in [-0.4, -0.2) is 62.3 Å². The van der Waals surface area contributed by atoms with Crippen LogP contribution in [0.4, 0.5) is 4.79 Å². The predicted molar refractivity (Wildman–Crippen MR) is 114 cm³/mol. The van der Waals surface area contributed by atoms with Crippen LogP contribution >= 0.6 is 0 Å². The van der Waals surface area contributed by atoms with E-state index in [4.69, 9.17) is 15.2 Å². The van der Waals surface area contributed by atoms with E-state index in [0.29, 0.717) is 39.1 Å². The Morgan fingerprint density at radius 3 is 2.45 bits per heavy atom. The Balaban J connectivity index is 1.69. The second-order valence-electron chi connectivity index (χ2n) is 7.56. The van der Waals surface area contributed by atoms with Gasteiger partial charge in [-0.15, -0.1) is 0 Å². The molecule has 0 aromatic heterocycles. The van der Waals surface area contributed by atoms with Crippen LogP contribution in [0.2, 0.25) is 0 Å². The van der Waals surface area contributed by atoms with Crippen LogP contribution in [0.3, 0.4) is 0 Å². The van der Waals surface area contributed by atoms with Gasteiger partial charge in [-0.05, 0) is 56.8 Å². The molecule has 0 spiro atoms. The first kappa shape index (κ1) is 24.5. The molecule has 0 radical (unpaired) electrons. The molecular formula is C22H33N3O6. The zero-order chi connectivity index (χ0) is 22.6. The van der Waals surface area contributed by atoms with Crippen molar-refractivity contribution in [3.8, 4) is 5.75 Å². The van der Waals surface area contributed by atoms with Gasteiger partial charge >= 0.3 is 12.1 Å². The number of likely N-dealkylation sites (tertiary alicyclic amines) is 1. The molecule has 1 aliphatic rings. The Kier molecular flexibility index (Phi) is 10.1. The smallest absolute Gasteiger partial charge is 0.410 e. The van der Waals surface area contributed by atoms with Crippen LogP contribution in [0.1, 0.15) is 38.2 Å². The molecule has 9 nitrogen and oxygen atoms in total. The number of carbonyl (C=O) groups is 3. The Hall–Kier alpha value is -2.81. The van der Waals surface area contributed by atoms with Crippen LogP contribution in [0.25, 0.3) is 0 Å². The van der Waals surface area contributed by atoms with Crippen molar-refractivity contribution in [3.63, 3.8) is 0 Å². The van der Waals surface area contributed by atoms with E-state index >= 15 is 0 Å². The zero-order valence-corrected chi connectivity index (χ0v) is 18.3. The third-order valence-electron chi connectivity index (χ3n) is 5.19. The summed E-state index contributed by atoms with van der Waals surface area (Å²) in [6.07, 6.45) is 2.49. The van der Waals surface area contributed by atoms with E-state index in [2.05, 4.69) is 10.1 Å². The van der Waals surface area contributed by atoms with E-state index in [1.54, 1.807) is 11.8 Å². The summed E-state index contributed by atoms with van der Waals surface area (Å²) in [5.41, 5.74) is 6.33. The minimum atomic E-state index is -0.691. The number of hydrogen-bond acceptors (Lipinski definition) is 7. The molecule has 0 bridgehead atoms. The number of carbonyl (C=O) groups excluding carboxylic acids is 3. The van der Waals surface area contributed by atoms with Crippen LogP contribution in [0.15, 0.2) is 24.3 Å². The zero-order valence-electron chi connectivity index (χ0n) is 18.3. The van der Waals surface area contributed by atoms with Gasteiger partial charge in [0.1, 0.15) is 18.4 Å². The van der Waals surface area contributed by atoms with Crippen LogP contribution in [-0.2, 0) is 25.7 Å². The Morgan fingerprint density at radius 2 is 1.84 bits per heavy atom. The predicted octanol–water partition coefficient (Wildman–Crippen LogP) is 1.83. The van der Waals surface area contributed by atoms with Crippen LogP contribution in [0.5, 0.6) is 5.75 Å². The number of benzene rings is 1. The molecule has 1 saturated heterocycles. The van der Waals surface area contributed by atoms with Crippen molar-refractivity contribution in [2.75, 3.05) is 33.4 Å². The standard InChI is InChI=1S/C22H33N3O6/c1-16(21(27)29-2)24-20(26)18-9-12-25(13-10-18)22(28)31-15-17-5-7-19(8-6-17)30-14-4-3-11-23/h5-8,16,18H,3-4,9-15,23H2,1-2H3,(H,24,26). The third kappa shape index (κ3) is 8.09. The van der Waals surface area contributed by atoms with E-state index in [-0.39, 0.29) is 18.4 Å². The fourth-order valence-electron chi connectivity index (χ4n) is 3.25. The number of nitrogens with zero attached hydrogens (tertiary/aromatic N) is 1. The summed E-state index contributed by atoms with van der Waals surface area (Å²) in [6.45, 7) is 3.90. The van der Waals surface area contributed by atoms with Crippen LogP contribution in [0, 0.1) is 5.92 Å². The summed E-state index contributed by atoms with van der Waals surface area (Å²) >= 11 is 0. The highest BCUT2D eigenvalue weighted by molar-refractivity contribution is 5.85. The van der Waals surface area contributed by atoms with Gasteiger partial charge in [-0.25, -0.2) is 9.59 Å². The number of nitrogens with two attached hydrogens (primary N) is 1. The van der Waals surface area contributed by atoms with Crippen molar-refractivity contribution < 1.29 is 28.6 Å². The summed E-state index contributed by atoms with van der Waals surface area (Å²) in [5.74, 6) is -0.153. The van der Waals surface area contributed by atoms with Gasteiger partial charge in [0.15, 0.2) is 0 Å². The lowest BCUT2D eigenvalue weighted by atomic mass is 9.96. The molecule has 1 unspecified atom stereocenters. The molecule has 172 valence electrons. The maximum Gasteiger partial charge on any atom is 0.410 e. The summed E-state index contributed by atoms with van der Waals surface area (Å²) in [6, 6.07) is 6.74. The summed E-state index contributed by atoms with van der Waals surface area (Å²) < 4.78 is 15.6. The van der Waals surface area contributed by atoms with E-state index in [1.165, 1.54) is 7.11 Å². The molecule has 3 N–H and O–H groups in total. The van der Waals surface area contributed by atoms with Gasteiger partial charge in [0.25, 0.3) is 0 Å². The van der Waals surface area contributed by atoms with Crippen molar-refractivity contribution in [1.29, 1.82) is 0 Å². The largest absolute Gasteiger partial charge is 0.494 e. The maximum atomic E-state index is 12.3. The second-order valence-corrected chi connectivity index (χ2v) is 7.56. The van der Waals surface area contributed by atoms with E-state index in [1.807, 2.05) is 24.3 Å². The van der Waals surface area contributed by atoms with Crippen molar-refractivity contribution in [3.05, 3.63) is 29.8 Å². The second kappa shape index (κ2) is 12.8. The SMILES string of the molecule is COC(=O)C(C)NC(=O)C1CCN(C(=O)OCc2ccc(OCCCCN)cc2)CC1. The fourth-order valence-corrected chi connectivity index (χ4v) is 3.25. The lowest BCUT2D eigenvalue weighted by Crippen LogP contribution is -2.46. The van der Waals surface area contributed by atoms with Gasteiger partial charge in [-0.3, -0.25) is 4.79 Å². The molecule has 1 fully saturated rings. The van der Waals surface area contributed by atoms with Crippen molar-refractivity contribution in [2.45, 2.75) is 45.3 Å². The number of methoxy groups -OCH3 is 1. The van der Waals surface area contributed by atoms with Gasteiger partial charge in [0, 0.05) is 19.0 Å². The average molecular weight is 436 g/mol. The van der Waals surface area contributed by atoms with Crippen LogP contribution < -0.4 is 15.8 Å². The minimum Gasteiger partial charge on any atom is -0.494 e. The normalized spacial score (nSPS) is 15.1. The number of amides is 2. The van der Waals surface area contributed by atoms with Gasteiger partial charge in [0.2, 0.25) is 5.91 Å².